The second-order valence-corrected chi connectivity index (χ2v) is 17.2. The second kappa shape index (κ2) is 14.6. The number of furan rings is 1. The molecule has 0 radical (unpaired) electrons. The van der Waals surface area contributed by atoms with Crippen molar-refractivity contribution in [3.63, 3.8) is 0 Å². The molecule has 0 N–H and O–H groups in total. The second-order valence-electron chi connectivity index (χ2n) is 17.2. The van der Waals surface area contributed by atoms with Crippen LogP contribution in [0.3, 0.4) is 0 Å². The summed E-state index contributed by atoms with van der Waals surface area (Å²) in [7, 11) is 0. The highest BCUT2D eigenvalue weighted by Gasteiger charge is 2.24. The molecule has 3 aromatic heterocycles. The number of hydrogen-bond donors (Lipinski definition) is 0. The summed E-state index contributed by atoms with van der Waals surface area (Å²) < 4.78 is 11.5. The van der Waals surface area contributed by atoms with Crippen LogP contribution in [-0.2, 0) is 0 Å². The number of nitrogens with zero attached hydrogens (tertiary/aromatic N) is 4. The third kappa shape index (κ3) is 5.80. The van der Waals surface area contributed by atoms with E-state index < -0.39 is 0 Å². The van der Waals surface area contributed by atoms with E-state index in [9.17, 15) is 0 Å². The first-order valence-corrected chi connectivity index (χ1v) is 22.3. The number of benzene rings is 10. The first-order chi connectivity index (χ1) is 32.5. The Labute approximate surface area is 379 Å². The molecule has 0 fully saturated rings. The molecular weight excluding hydrogens is 805 g/mol. The van der Waals surface area contributed by atoms with Gasteiger partial charge in [0.2, 0.25) is 5.96 Å². The molecule has 0 saturated heterocycles. The summed E-state index contributed by atoms with van der Waals surface area (Å²) in [6.45, 7) is 11.2. The lowest BCUT2D eigenvalue weighted by atomic mass is 10.00. The molecule has 0 aliphatic carbocycles. The molecule has 3 heterocycles. The minimum Gasteiger partial charge on any atom is -0.455 e. The Morgan fingerprint density at radius 2 is 1.05 bits per heavy atom. The maximum absolute atomic E-state index is 6.90. The molecule has 0 atom stereocenters. The summed E-state index contributed by atoms with van der Waals surface area (Å²) in [4.78, 5) is 11.1. The molecule has 10 aromatic carbocycles. The highest BCUT2D eigenvalue weighted by Crippen LogP contribution is 2.42. The molecular formula is C61H40N4O. The van der Waals surface area contributed by atoms with Gasteiger partial charge in [0.1, 0.15) is 11.2 Å². The Balaban J connectivity index is 1.13. The predicted molar refractivity (Wildman–Crippen MR) is 280 cm³/mol. The topological polar surface area (TPSA) is 47.7 Å². The van der Waals surface area contributed by atoms with Crippen molar-refractivity contribution >= 4 is 115 Å². The fourth-order valence-electron chi connectivity index (χ4n) is 10.2. The fourth-order valence-corrected chi connectivity index (χ4v) is 10.2. The predicted octanol–water partition coefficient (Wildman–Crippen LogP) is 16.2. The normalized spacial score (nSPS) is 12.6. The SMILES string of the molecule is C=C(C)C(=NC(=NC(=C)c1ccc2ccccc2c1)n1c2ccccc2c2ccccc21)c1cc(-n2c3cc4ccccc4cc3c3ccc4ccccc4c32)cc2c1oc1ccccc12. The highest BCUT2D eigenvalue weighted by molar-refractivity contribution is 6.26. The van der Waals surface area contributed by atoms with E-state index >= 15 is 0 Å². The highest BCUT2D eigenvalue weighted by atomic mass is 16.3. The van der Waals surface area contributed by atoms with Crippen LogP contribution in [0.15, 0.2) is 233 Å². The molecule has 0 aliphatic heterocycles. The van der Waals surface area contributed by atoms with Crippen molar-refractivity contribution in [2.75, 3.05) is 0 Å². The monoisotopic (exact) mass is 844 g/mol. The van der Waals surface area contributed by atoms with Crippen molar-refractivity contribution in [1.82, 2.24) is 9.13 Å². The van der Waals surface area contributed by atoms with Gasteiger partial charge in [-0.3, -0.25) is 4.57 Å². The molecule has 0 saturated carbocycles. The quantitative estimate of drug-likeness (QED) is 0.126. The van der Waals surface area contributed by atoms with Gasteiger partial charge in [0, 0.05) is 54.5 Å². The number of rotatable bonds is 5. The number of hydrogen-bond acceptors (Lipinski definition) is 2. The van der Waals surface area contributed by atoms with Crippen LogP contribution < -0.4 is 0 Å². The van der Waals surface area contributed by atoms with Gasteiger partial charge >= 0.3 is 0 Å². The minimum absolute atomic E-state index is 0.465. The van der Waals surface area contributed by atoms with E-state index in [4.69, 9.17) is 14.4 Å². The van der Waals surface area contributed by atoms with Gasteiger partial charge in [-0.2, -0.15) is 0 Å². The van der Waals surface area contributed by atoms with Crippen LogP contribution >= 0.6 is 0 Å². The van der Waals surface area contributed by atoms with Crippen molar-refractivity contribution in [2.45, 2.75) is 6.92 Å². The zero-order chi connectivity index (χ0) is 44.0. The largest absolute Gasteiger partial charge is 0.455 e. The third-order valence-corrected chi connectivity index (χ3v) is 13.2. The Kier molecular flexibility index (Phi) is 8.36. The van der Waals surface area contributed by atoms with E-state index in [0.717, 1.165) is 87.9 Å². The van der Waals surface area contributed by atoms with Gasteiger partial charge in [-0.1, -0.05) is 165 Å². The molecule has 5 heteroatoms. The number of fused-ring (bicyclic) bond motifs is 13. The molecule has 310 valence electrons. The van der Waals surface area contributed by atoms with Crippen molar-refractivity contribution in [1.29, 1.82) is 0 Å². The van der Waals surface area contributed by atoms with Crippen molar-refractivity contribution in [3.8, 4) is 5.69 Å². The average molecular weight is 845 g/mol. The zero-order valence-electron chi connectivity index (χ0n) is 36.2. The van der Waals surface area contributed by atoms with Gasteiger partial charge in [-0.05, 0) is 88.0 Å². The standard InChI is InChI=1S/C61H40N4O/c1-37(2)58(63-61(62-38(3)41-29-28-39-16-4-5-18-42(39)32-41)65-54-25-13-10-22-47(54)48-23-11-14-26-55(48)65)53-36-45(35-52-49-24-12-15-27-57(49)66-60(52)53)64-56-34-44-20-7-6-19-43(44)33-51(56)50-31-30-40-17-8-9-21-46(40)59(50)64/h4-36H,1,3H2,2H3. The first-order valence-electron chi connectivity index (χ1n) is 22.3. The van der Waals surface area contributed by atoms with Crippen LogP contribution in [0, 0.1) is 0 Å². The van der Waals surface area contributed by atoms with Crippen molar-refractivity contribution < 1.29 is 4.42 Å². The number of allylic oxidation sites excluding steroid dienone is 1. The van der Waals surface area contributed by atoms with Gasteiger partial charge in [-0.25, -0.2) is 9.98 Å². The average Bonchev–Trinajstić information content (AvgIpc) is 4.02. The molecule has 5 nitrogen and oxygen atoms in total. The van der Waals surface area contributed by atoms with Crippen molar-refractivity contribution in [2.24, 2.45) is 9.98 Å². The van der Waals surface area contributed by atoms with Crippen molar-refractivity contribution in [3.05, 3.63) is 230 Å². The Morgan fingerprint density at radius 1 is 0.455 bits per heavy atom. The Hall–Kier alpha value is -8.80. The van der Waals surface area contributed by atoms with Gasteiger partial charge in [0.05, 0.1) is 33.5 Å². The van der Waals surface area contributed by atoms with E-state index in [1.54, 1.807) is 0 Å². The molecule has 66 heavy (non-hydrogen) atoms. The van der Waals surface area contributed by atoms with Gasteiger partial charge in [-0.15, -0.1) is 0 Å². The molecule has 0 bridgehead atoms. The molecule has 13 aromatic rings. The summed E-state index contributed by atoms with van der Waals surface area (Å²) in [5.41, 5.74) is 10.5. The smallest absolute Gasteiger partial charge is 0.235 e. The number of aromatic nitrogens is 2. The Morgan fingerprint density at radius 3 is 1.77 bits per heavy atom. The lowest BCUT2D eigenvalue weighted by Gasteiger charge is -2.16. The molecule has 0 amide bonds. The number of aliphatic imine (C=N–C) groups is 2. The van der Waals surface area contributed by atoms with E-state index in [1.165, 1.54) is 32.3 Å². The van der Waals surface area contributed by atoms with Crippen LogP contribution in [0.5, 0.6) is 0 Å². The van der Waals surface area contributed by atoms with Crippen LogP contribution in [0.4, 0.5) is 0 Å². The van der Waals surface area contributed by atoms with Gasteiger partial charge in [0.15, 0.2) is 0 Å². The lowest BCUT2D eigenvalue weighted by Crippen LogP contribution is -2.15. The van der Waals surface area contributed by atoms with Crippen LogP contribution in [0.1, 0.15) is 18.1 Å². The fraction of sp³-hybridized carbons (Fsp3) is 0.0164. The van der Waals surface area contributed by atoms with E-state index in [-0.39, 0.29) is 0 Å². The Bertz CT molecular complexity index is 4230. The van der Waals surface area contributed by atoms with E-state index in [0.29, 0.717) is 17.4 Å². The summed E-state index contributed by atoms with van der Waals surface area (Å²) in [6.07, 6.45) is 0. The maximum atomic E-state index is 6.90. The first kappa shape index (κ1) is 37.7. The molecule has 0 aliphatic rings. The van der Waals surface area contributed by atoms with Crippen LogP contribution in [-0.4, -0.2) is 20.8 Å². The lowest BCUT2D eigenvalue weighted by molar-refractivity contribution is 0.668. The van der Waals surface area contributed by atoms with E-state index in [2.05, 4.69) is 210 Å². The van der Waals surface area contributed by atoms with Gasteiger partial charge in [0.25, 0.3) is 0 Å². The molecule has 0 spiro atoms. The van der Waals surface area contributed by atoms with Gasteiger partial charge < -0.3 is 8.98 Å². The van der Waals surface area contributed by atoms with Crippen LogP contribution in [0.2, 0.25) is 0 Å². The minimum atomic E-state index is 0.465. The zero-order valence-corrected chi connectivity index (χ0v) is 36.2. The van der Waals surface area contributed by atoms with E-state index in [1.807, 2.05) is 19.1 Å². The summed E-state index contributed by atoms with van der Waals surface area (Å²) in [5.74, 6) is 0.465. The molecule has 13 rings (SSSR count). The van der Waals surface area contributed by atoms with Crippen LogP contribution in [0.25, 0.3) is 109 Å². The summed E-state index contributed by atoms with van der Waals surface area (Å²) in [5, 5.41) is 13.6. The molecule has 0 unspecified atom stereocenters. The maximum Gasteiger partial charge on any atom is 0.235 e. The summed E-state index contributed by atoms with van der Waals surface area (Å²) >= 11 is 0. The third-order valence-electron chi connectivity index (χ3n) is 13.2. The number of para-hydroxylation sites is 3. The summed E-state index contributed by atoms with van der Waals surface area (Å²) in [6, 6.07) is 70.8.